The lowest BCUT2D eigenvalue weighted by Crippen LogP contribution is -2.10. The van der Waals surface area contributed by atoms with Crippen LogP contribution in [0.4, 0.5) is 0 Å². The summed E-state index contributed by atoms with van der Waals surface area (Å²) in [6, 6.07) is 15.1. The summed E-state index contributed by atoms with van der Waals surface area (Å²) in [5, 5.41) is 0. The maximum atomic E-state index is 4.20. The molecule has 1 heterocycles. The van der Waals surface area contributed by atoms with Crippen molar-refractivity contribution in [3.8, 4) is 0 Å². The molecule has 0 aliphatic rings. The lowest BCUT2D eigenvalue weighted by atomic mass is 9.85. The Labute approximate surface area is 135 Å². The van der Waals surface area contributed by atoms with Crippen molar-refractivity contribution >= 4 is 0 Å². The Hall–Kier alpha value is -1.63. The van der Waals surface area contributed by atoms with Crippen LogP contribution in [0.2, 0.25) is 0 Å². The first kappa shape index (κ1) is 16.7. The average Bonchev–Trinajstić information content (AvgIpc) is 2.55. The largest absolute Gasteiger partial charge is 0.264 e. The summed E-state index contributed by atoms with van der Waals surface area (Å²) in [7, 11) is 0. The maximum absolute atomic E-state index is 4.20. The molecule has 2 rings (SSSR count). The SMILES string of the molecule is CC(C)C(CCCc1ccccc1)CCCc1cccnc1. The van der Waals surface area contributed by atoms with E-state index in [-0.39, 0.29) is 0 Å². The van der Waals surface area contributed by atoms with Gasteiger partial charge >= 0.3 is 0 Å². The van der Waals surface area contributed by atoms with E-state index < -0.39 is 0 Å². The van der Waals surface area contributed by atoms with E-state index in [0.717, 1.165) is 18.3 Å². The Morgan fingerprint density at radius 3 is 2.05 bits per heavy atom. The second-order valence-corrected chi connectivity index (χ2v) is 6.64. The predicted molar refractivity (Wildman–Crippen MR) is 94.9 cm³/mol. The standard InChI is InChI=1S/C21H29N/c1-18(2)21(14-6-11-19-9-4-3-5-10-19)15-7-12-20-13-8-16-22-17-20/h3-5,8-10,13,16-18,21H,6-7,11-12,14-15H2,1-2H3. The number of benzene rings is 1. The van der Waals surface area contributed by atoms with Crippen molar-refractivity contribution in [2.75, 3.05) is 0 Å². The van der Waals surface area contributed by atoms with Gasteiger partial charge in [-0.1, -0.05) is 50.2 Å². The summed E-state index contributed by atoms with van der Waals surface area (Å²) in [5.41, 5.74) is 2.84. The molecular formula is C21H29N. The number of hydrogen-bond donors (Lipinski definition) is 0. The van der Waals surface area contributed by atoms with Gasteiger partial charge in [-0.05, 0) is 67.6 Å². The first-order valence-electron chi connectivity index (χ1n) is 8.68. The molecule has 0 saturated heterocycles. The number of aromatic nitrogens is 1. The Morgan fingerprint density at radius 1 is 0.818 bits per heavy atom. The smallest absolute Gasteiger partial charge is 0.0299 e. The molecule has 0 aliphatic heterocycles. The third-order valence-corrected chi connectivity index (χ3v) is 4.59. The fraction of sp³-hybridized carbons (Fsp3) is 0.476. The molecule has 2 aromatic rings. The molecule has 0 bridgehead atoms. The second-order valence-electron chi connectivity index (χ2n) is 6.64. The molecule has 1 heteroatoms. The van der Waals surface area contributed by atoms with E-state index >= 15 is 0 Å². The molecule has 1 nitrogen and oxygen atoms in total. The van der Waals surface area contributed by atoms with Crippen molar-refractivity contribution in [2.24, 2.45) is 11.8 Å². The fourth-order valence-electron chi connectivity index (χ4n) is 3.14. The van der Waals surface area contributed by atoms with Crippen LogP contribution in [0.3, 0.4) is 0 Å². The minimum absolute atomic E-state index is 0.782. The van der Waals surface area contributed by atoms with Crippen LogP contribution >= 0.6 is 0 Å². The van der Waals surface area contributed by atoms with E-state index in [9.17, 15) is 0 Å². The second kappa shape index (κ2) is 9.40. The van der Waals surface area contributed by atoms with Crippen LogP contribution < -0.4 is 0 Å². The van der Waals surface area contributed by atoms with E-state index in [1.165, 1.54) is 43.2 Å². The third-order valence-electron chi connectivity index (χ3n) is 4.59. The van der Waals surface area contributed by atoms with E-state index in [1.807, 2.05) is 18.5 Å². The van der Waals surface area contributed by atoms with E-state index in [1.54, 1.807) is 0 Å². The Kier molecular flexibility index (Phi) is 7.15. The van der Waals surface area contributed by atoms with Gasteiger partial charge in [-0.15, -0.1) is 0 Å². The fourth-order valence-corrected chi connectivity index (χ4v) is 3.14. The highest BCUT2D eigenvalue weighted by Crippen LogP contribution is 2.24. The predicted octanol–water partition coefficient (Wildman–Crippen LogP) is 5.70. The molecule has 0 saturated carbocycles. The van der Waals surface area contributed by atoms with Gasteiger partial charge in [-0.3, -0.25) is 4.98 Å². The van der Waals surface area contributed by atoms with Crippen molar-refractivity contribution in [2.45, 2.75) is 52.4 Å². The minimum Gasteiger partial charge on any atom is -0.264 e. The summed E-state index contributed by atoms with van der Waals surface area (Å²) in [6.07, 6.45) is 11.5. The first-order chi connectivity index (χ1) is 10.8. The summed E-state index contributed by atoms with van der Waals surface area (Å²) < 4.78 is 0. The molecule has 0 N–H and O–H groups in total. The molecule has 1 aromatic carbocycles. The quantitative estimate of drug-likeness (QED) is 0.578. The first-order valence-corrected chi connectivity index (χ1v) is 8.68. The van der Waals surface area contributed by atoms with Gasteiger partial charge in [0.15, 0.2) is 0 Å². The number of rotatable bonds is 9. The van der Waals surface area contributed by atoms with Crippen LogP contribution in [-0.4, -0.2) is 4.98 Å². The van der Waals surface area contributed by atoms with Crippen LogP contribution in [0.15, 0.2) is 54.9 Å². The zero-order valence-electron chi connectivity index (χ0n) is 14.0. The summed E-state index contributed by atoms with van der Waals surface area (Å²) in [6.45, 7) is 4.74. The van der Waals surface area contributed by atoms with Crippen molar-refractivity contribution in [1.82, 2.24) is 4.98 Å². The van der Waals surface area contributed by atoms with Gasteiger partial charge in [0.05, 0.1) is 0 Å². The topological polar surface area (TPSA) is 12.9 Å². The minimum atomic E-state index is 0.782. The number of nitrogens with zero attached hydrogens (tertiary/aromatic N) is 1. The summed E-state index contributed by atoms with van der Waals surface area (Å²) in [5.74, 6) is 1.63. The van der Waals surface area contributed by atoms with Crippen LogP contribution in [0.5, 0.6) is 0 Å². The van der Waals surface area contributed by atoms with Gasteiger partial charge in [0.25, 0.3) is 0 Å². The Morgan fingerprint density at radius 2 is 1.45 bits per heavy atom. The maximum Gasteiger partial charge on any atom is 0.0299 e. The van der Waals surface area contributed by atoms with Crippen molar-refractivity contribution < 1.29 is 0 Å². The van der Waals surface area contributed by atoms with Gasteiger partial charge in [0.2, 0.25) is 0 Å². The lowest BCUT2D eigenvalue weighted by Gasteiger charge is -2.21. The van der Waals surface area contributed by atoms with E-state index in [2.05, 4.69) is 55.2 Å². The average molecular weight is 295 g/mol. The molecule has 22 heavy (non-hydrogen) atoms. The van der Waals surface area contributed by atoms with Crippen molar-refractivity contribution in [1.29, 1.82) is 0 Å². The van der Waals surface area contributed by atoms with Gasteiger partial charge in [-0.2, -0.15) is 0 Å². The van der Waals surface area contributed by atoms with Crippen LogP contribution in [0, 0.1) is 11.8 Å². The van der Waals surface area contributed by atoms with Gasteiger partial charge in [-0.25, -0.2) is 0 Å². The number of pyridine rings is 1. The van der Waals surface area contributed by atoms with E-state index in [0.29, 0.717) is 0 Å². The molecule has 0 aliphatic carbocycles. The van der Waals surface area contributed by atoms with E-state index in [4.69, 9.17) is 0 Å². The number of aryl methyl sites for hydroxylation is 2. The Balaban J connectivity index is 1.70. The van der Waals surface area contributed by atoms with Gasteiger partial charge in [0, 0.05) is 12.4 Å². The molecular weight excluding hydrogens is 266 g/mol. The summed E-state index contributed by atoms with van der Waals surface area (Å²) >= 11 is 0. The molecule has 0 spiro atoms. The molecule has 1 aromatic heterocycles. The molecule has 0 fully saturated rings. The zero-order chi connectivity index (χ0) is 15.6. The van der Waals surface area contributed by atoms with Crippen LogP contribution in [-0.2, 0) is 12.8 Å². The number of hydrogen-bond acceptors (Lipinski definition) is 1. The van der Waals surface area contributed by atoms with Crippen molar-refractivity contribution in [3.63, 3.8) is 0 Å². The highest BCUT2D eigenvalue weighted by Gasteiger charge is 2.13. The van der Waals surface area contributed by atoms with Gasteiger partial charge < -0.3 is 0 Å². The Bertz CT molecular complexity index is 458. The summed E-state index contributed by atoms with van der Waals surface area (Å²) in [4.78, 5) is 4.20. The zero-order valence-corrected chi connectivity index (χ0v) is 14.0. The lowest BCUT2D eigenvalue weighted by molar-refractivity contribution is 0.322. The molecule has 1 atom stereocenters. The van der Waals surface area contributed by atoms with Crippen LogP contribution in [0.25, 0.3) is 0 Å². The monoisotopic (exact) mass is 295 g/mol. The highest BCUT2D eigenvalue weighted by molar-refractivity contribution is 5.14. The molecule has 118 valence electrons. The third kappa shape index (κ3) is 6.01. The normalized spacial score (nSPS) is 12.5. The highest BCUT2D eigenvalue weighted by atomic mass is 14.6. The van der Waals surface area contributed by atoms with Crippen molar-refractivity contribution in [3.05, 3.63) is 66.0 Å². The molecule has 0 radical (unpaired) electrons. The van der Waals surface area contributed by atoms with Gasteiger partial charge in [0.1, 0.15) is 0 Å². The molecule has 0 amide bonds. The van der Waals surface area contributed by atoms with Crippen LogP contribution in [0.1, 0.15) is 50.7 Å². The molecule has 1 unspecified atom stereocenters.